The molecule has 0 bridgehead atoms. The second-order valence-corrected chi connectivity index (χ2v) is 4.76. The number of benzene rings is 1. The maximum atomic E-state index is 10.8. The summed E-state index contributed by atoms with van der Waals surface area (Å²) in [5.74, 6) is 0. The first kappa shape index (κ1) is 14.2. The van der Waals surface area contributed by atoms with Gasteiger partial charge in [-0.3, -0.25) is 14.8 Å². The smallest absolute Gasteiger partial charge is 0.269 e. The van der Waals surface area contributed by atoms with Gasteiger partial charge in [-0.2, -0.15) is 5.10 Å². The SMILES string of the molecule is CC(NCCc1ccn(C)n1)c1cccc([N+](=O)[O-])c1. The number of nitro groups is 1. The van der Waals surface area contributed by atoms with Crippen molar-refractivity contribution in [3.63, 3.8) is 0 Å². The fourth-order valence-corrected chi connectivity index (χ4v) is 2.04. The number of nitro benzene ring substituents is 1. The second-order valence-electron chi connectivity index (χ2n) is 4.76. The number of hydrogen-bond acceptors (Lipinski definition) is 4. The average molecular weight is 274 g/mol. The number of hydrogen-bond donors (Lipinski definition) is 1. The lowest BCUT2D eigenvalue weighted by molar-refractivity contribution is -0.384. The Bertz CT molecular complexity index is 594. The van der Waals surface area contributed by atoms with Crippen LogP contribution >= 0.6 is 0 Å². The molecule has 1 unspecified atom stereocenters. The van der Waals surface area contributed by atoms with Gasteiger partial charge < -0.3 is 5.32 Å². The van der Waals surface area contributed by atoms with Gasteiger partial charge in [0.1, 0.15) is 0 Å². The van der Waals surface area contributed by atoms with Crippen molar-refractivity contribution in [3.05, 3.63) is 57.9 Å². The lowest BCUT2D eigenvalue weighted by Crippen LogP contribution is -2.21. The third-order valence-electron chi connectivity index (χ3n) is 3.18. The molecule has 6 nitrogen and oxygen atoms in total. The van der Waals surface area contributed by atoms with Gasteiger partial charge in [0.05, 0.1) is 10.6 Å². The van der Waals surface area contributed by atoms with Gasteiger partial charge in [0.15, 0.2) is 0 Å². The Hall–Kier alpha value is -2.21. The van der Waals surface area contributed by atoms with Crippen LogP contribution < -0.4 is 5.32 Å². The fourth-order valence-electron chi connectivity index (χ4n) is 2.04. The molecule has 0 aliphatic carbocycles. The number of nitrogens with zero attached hydrogens (tertiary/aromatic N) is 3. The molecule has 6 heteroatoms. The van der Waals surface area contributed by atoms with E-state index in [9.17, 15) is 10.1 Å². The summed E-state index contributed by atoms with van der Waals surface area (Å²) < 4.78 is 1.78. The molecule has 1 heterocycles. The Morgan fingerprint density at radius 2 is 2.25 bits per heavy atom. The van der Waals surface area contributed by atoms with Gasteiger partial charge in [-0.1, -0.05) is 12.1 Å². The van der Waals surface area contributed by atoms with Crippen molar-refractivity contribution >= 4 is 5.69 Å². The lowest BCUT2D eigenvalue weighted by Gasteiger charge is -2.13. The number of rotatable bonds is 6. The monoisotopic (exact) mass is 274 g/mol. The highest BCUT2D eigenvalue weighted by Crippen LogP contribution is 2.18. The first-order valence-corrected chi connectivity index (χ1v) is 6.52. The minimum Gasteiger partial charge on any atom is -0.310 e. The van der Waals surface area contributed by atoms with E-state index in [4.69, 9.17) is 0 Å². The van der Waals surface area contributed by atoms with E-state index in [0.29, 0.717) is 0 Å². The molecule has 0 spiro atoms. The summed E-state index contributed by atoms with van der Waals surface area (Å²) in [6.07, 6.45) is 2.75. The van der Waals surface area contributed by atoms with Gasteiger partial charge in [0.25, 0.3) is 5.69 Å². The van der Waals surface area contributed by atoms with E-state index in [1.165, 1.54) is 6.07 Å². The van der Waals surface area contributed by atoms with E-state index < -0.39 is 0 Å². The molecule has 2 aromatic rings. The molecule has 20 heavy (non-hydrogen) atoms. The molecule has 0 aliphatic rings. The summed E-state index contributed by atoms with van der Waals surface area (Å²) in [4.78, 5) is 10.4. The van der Waals surface area contributed by atoms with Crippen LogP contribution in [0.25, 0.3) is 0 Å². The zero-order valence-corrected chi connectivity index (χ0v) is 11.6. The van der Waals surface area contributed by atoms with Crippen LogP contribution in [0.15, 0.2) is 36.5 Å². The Labute approximate surface area is 117 Å². The number of aryl methyl sites for hydroxylation is 1. The zero-order chi connectivity index (χ0) is 14.5. The zero-order valence-electron chi connectivity index (χ0n) is 11.6. The molecule has 1 aromatic heterocycles. The summed E-state index contributed by atoms with van der Waals surface area (Å²) in [6, 6.07) is 8.77. The van der Waals surface area contributed by atoms with E-state index in [-0.39, 0.29) is 16.7 Å². The van der Waals surface area contributed by atoms with Crippen LogP contribution in [-0.4, -0.2) is 21.2 Å². The van der Waals surface area contributed by atoms with Gasteiger partial charge in [0.2, 0.25) is 0 Å². The molecule has 1 N–H and O–H groups in total. The molecular formula is C14H18N4O2. The van der Waals surface area contributed by atoms with Crippen molar-refractivity contribution in [2.45, 2.75) is 19.4 Å². The molecule has 0 amide bonds. The standard InChI is InChI=1S/C14H18N4O2/c1-11(12-4-3-5-14(10-12)18(19)20)15-8-6-13-7-9-17(2)16-13/h3-5,7,9-11,15H,6,8H2,1-2H3. The summed E-state index contributed by atoms with van der Waals surface area (Å²) in [5, 5.41) is 18.4. The van der Waals surface area contributed by atoms with E-state index in [0.717, 1.165) is 24.2 Å². The highest BCUT2D eigenvalue weighted by molar-refractivity contribution is 5.35. The minimum atomic E-state index is -0.371. The molecule has 2 rings (SSSR count). The summed E-state index contributed by atoms with van der Waals surface area (Å²) in [7, 11) is 1.89. The van der Waals surface area contributed by atoms with Crippen LogP contribution in [0.1, 0.15) is 24.2 Å². The summed E-state index contributed by atoms with van der Waals surface area (Å²) in [5.41, 5.74) is 2.08. The van der Waals surface area contributed by atoms with Crippen LogP contribution in [0.3, 0.4) is 0 Å². The number of non-ortho nitro benzene ring substituents is 1. The molecule has 0 radical (unpaired) electrons. The molecule has 0 aliphatic heterocycles. The third-order valence-corrected chi connectivity index (χ3v) is 3.18. The third kappa shape index (κ3) is 3.64. The Kier molecular flexibility index (Phi) is 4.47. The normalized spacial score (nSPS) is 12.3. The number of aromatic nitrogens is 2. The van der Waals surface area contributed by atoms with E-state index in [1.807, 2.05) is 32.3 Å². The van der Waals surface area contributed by atoms with Crippen LogP contribution in [-0.2, 0) is 13.5 Å². The van der Waals surface area contributed by atoms with E-state index in [2.05, 4.69) is 10.4 Å². The molecule has 0 fully saturated rings. The van der Waals surface area contributed by atoms with Crippen LogP contribution in [0.5, 0.6) is 0 Å². The van der Waals surface area contributed by atoms with Crippen LogP contribution in [0, 0.1) is 10.1 Å². The first-order valence-electron chi connectivity index (χ1n) is 6.52. The molecule has 1 aromatic carbocycles. The van der Waals surface area contributed by atoms with Crippen molar-refractivity contribution in [3.8, 4) is 0 Å². The molecular weight excluding hydrogens is 256 g/mol. The maximum absolute atomic E-state index is 10.8. The van der Waals surface area contributed by atoms with E-state index >= 15 is 0 Å². The van der Waals surface area contributed by atoms with Crippen molar-refractivity contribution in [2.24, 2.45) is 7.05 Å². The predicted molar refractivity (Wildman–Crippen MR) is 76.4 cm³/mol. The fraction of sp³-hybridized carbons (Fsp3) is 0.357. The van der Waals surface area contributed by atoms with Crippen LogP contribution in [0.2, 0.25) is 0 Å². The molecule has 1 atom stereocenters. The second kappa shape index (κ2) is 6.29. The van der Waals surface area contributed by atoms with Crippen molar-refractivity contribution < 1.29 is 4.92 Å². The van der Waals surface area contributed by atoms with Gasteiger partial charge in [-0.25, -0.2) is 0 Å². The van der Waals surface area contributed by atoms with Crippen molar-refractivity contribution in [1.29, 1.82) is 0 Å². The maximum Gasteiger partial charge on any atom is 0.269 e. The molecule has 0 saturated carbocycles. The Morgan fingerprint density at radius 3 is 2.90 bits per heavy atom. The van der Waals surface area contributed by atoms with E-state index in [1.54, 1.807) is 16.8 Å². The highest BCUT2D eigenvalue weighted by Gasteiger charge is 2.10. The predicted octanol–water partition coefficient (Wildman–Crippen LogP) is 2.22. The van der Waals surface area contributed by atoms with Gasteiger partial charge in [-0.15, -0.1) is 0 Å². The van der Waals surface area contributed by atoms with Gasteiger partial charge >= 0.3 is 0 Å². The molecule has 106 valence electrons. The highest BCUT2D eigenvalue weighted by atomic mass is 16.6. The topological polar surface area (TPSA) is 73.0 Å². The number of nitrogens with one attached hydrogen (secondary N) is 1. The van der Waals surface area contributed by atoms with Gasteiger partial charge in [0, 0.05) is 44.4 Å². The Morgan fingerprint density at radius 1 is 1.45 bits per heavy atom. The lowest BCUT2D eigenvalue weighted by atomic mass is 10.1. The average Bonchev–Trinajstić information content (AvgIpc) is 2.84. The molecule has 0 saturated heterocycles. The van der Waals surface area contributed by atoms with Crippen molar-refractivity contribution in [1.82, 2.24) is 15.1 Å². The minimum absolute atomic E-state index is 0.0682. The summed E-state index contributed by atoms with van der Waals surface area (Å²) in [6.45, 7) is 2.78. The Balaban J connectivity index is 1.89. The first-order chi connectivity index (χ1) is 9.56. The summed E-state index contributed by atoms with van der Waals surface area (Å²) >= 11 is 0. The van der Waals surface area contributed by atoms with Crippen LogP contribution in [0.4, 0.5) is 5.69 Å². The van der Waals surface area contributed by atoms with Crippen molar-refractivity contribution in [2.75, 3.05) is 6.54 Å². The quantitative estimate of drug-likeness (QED) is 0.647. The van der Waals surface area contributed by atoms with Gasteiger partial charge in [-0.05, 0) is 18.6 Å². The largest absolute Gasteiger partial charge is 0.310 e.